The van der Waals surface area contributed by atoms with Gasteiger partial charge in [0.2, 0.25) is 0 Å². The molecule has 0 saturated carbocycles. The molecule has 3 rings (SSSR count). The third kappa shape index (κ3) is 2.61. The fourth-order valence-corrected chi connectivity index (χ4v) is 3.25. The second-order valence-corrected chi connectivity index (χ2v) is 5.77. The average molecular weight is 285 g/mol. The Morgan fingerprint density at radius 3 is 3.05 bits per heavy atom. The molecule has 3 N–H and O–H groups in total. The second-order valence-electron chi connectivity index (χ2n) is 5.77. The summed E-state index contributed by atoms with van der Waals surface area (Å²) in [7, 11) is 2.19. The average Bonchev–Trinajstić information content (AvgIpc) is 3.09. The zero-order chi connectivity index (χ0) is 14.8. The van der Waals surface area contributed by atoms with Gasteiger partial charge in [-0.25, -0.2) is 0 Å². The van der Waals surface area contributed by atoms with Crippen LogP contribution in [0.2, 0.25) is 0 Å². The van der Waals surface area contributed by atoms with Crippen molar-refractivity contribution in [3.8, 4) is 0 Å². The summed E-state index contributed by atoms with van der Waals surface area (Å²) in [6, 6.07) is 6.49. The molecule has 5 heteroatoms. The van der Waals surface area contributed by atoms with Crippen molar-refractivity contribution in [3.05, 3.63) is 30.0 Å². The van der Waals surface area contributed by atoms with E-state index in [1.54, 1.807) is 6.34 Å². The molecule has 0 amide bonds. The summed E-state index contributed by atoms with van der Waals surface area (Å²) in [5, 5.41) is 4.96. The highest BCUT2D eigenvalue weighted by molar-refractivity contribution is 5.90. The topological polar surface area (TPSA) is 60.6 Å². The van der Waals surface area contributed by atoms with E-state index in [4.69, 9.17) is 5.84 Å². The molecule has 21 heavy (non-hydrogen) atoms. The van der Waals surface area contributed by atoms with Crippen molar-refractivity contribution >= 4 is 22.9 Å². The van der Waals surface area contributed by atoms with Crippen LogP contribution in [0, 0.1) is 0 Å². The molecule has 0 aliphatic carbocycles. The van der Waals surface area contributed by atoms with Gasteiger partial charge in [-0.15, -0.1) is 0 Å². The van der Waals surface area contributed by atoms with Gasteiger partial charge in [-0.1, -0.05) is 0 Å². The Kier molecular flexibility index (Phi) is 3.84. The number of hydrazone groups is 1. The summed E-state index contributed by atoms with van der Waals surface area (Å²) in [4.78, 5) is 7.85. The summed E-state index contributed by atoms with van der Waals surface area (Å²) >= 11 is 0. The first kappa shape index (κ1) is 13.9. The Hall–Kier alpha value is -2.01. The maximum Gasteiger partial charge on any atom is 0.115 e. The number of anilines is 1. The lowest BCUT2D eigenvalue weighted by Crippen LogP contribution is -2.21. The van der Waals surface area contributed by atoms with E-state index in [9.17, 15) is 0 Å². The van der Waals surface area contributed by atoms with Crippen LogP contribution >= 0.6 is 0 Å². The van der Waals surface area contributed by atoms with E-state index in [1.807, 2.05) is 0 Å². The van der Waals surface area contributed by atoms with Gasteiger partial charge in [0, 0.05) is 35.9 Å². The third-order valence-electron chi connectivity index (χ3n) is 4.41. The Morgan fingerprint density at radius 1 is 1.52 bits per heavy atom. The van der Waals surface area contributed by atoms with Gasteiger partial charge in [-0.3, -0.25) is 0 Å². The number of nitrogens with one attached hydrogen (secondary N) is 1. The lowest BCUT2D eigenvalue weighted by molar-refractivity contribution is 0.412. The third-order valence-corrected chi connectivity index (χ3v) is 4.41. The van der Waals surface area contributed by atoms with Crippen molar-refractivity contribution in [1.82, 2.24) is 9.88 Å². The molecule has 1 aliphatic heterocycles. The van der Waals surface area contributed by atoms with Gasteiger partial charge in [0.25, 0.3) is 0 Å². The molecular formula is C16H23N5. The number of aromatic nitrogens is 1. The van der Waals surface area contributed by atoms with E-state index < -0.39 is 0 Å². The maximum absolute atomic E-state index is 5.30. The number of hydrogen-bond donors (Lipinski definition) is 2. The van der Waals surface area contributed by atoms with Crippen molar-refractivity contribution in [2.75, 3.05) is 31.6 Å². The minimum atomic E-state index is 0.622. The maximum atomic E-state index is 5.30. The second kappa shape index (κ2) is 5.77. The first-order chi connectivity index (χ1) is 10.2. The number of nitrogens with zero attached hydrogens (tertiary/aromatic N) is 3. The van der Waals surface area contributed by atoms with E-state index in [-0.39, 0.29) is 0 Å². The largest absolute Gasteiger partial charge is 0.361 e. The van der Waals surface area contributed by atoms with Gasteiger partial charge in [-0.05, 0) is 56.6 Å². The Labute approximate surface area is 125 Å². The standard InChI is InChI=1S/C16H23N5/c1-3-21(11-19-17)13-4-5-16-14(8-13)15(9-18-16)12-6-7-20(2)10-12/h4-5,8-9,11-12,18H,3,6-7,10,17H2,1-2H3/b19-11-. The Morgan fingerprint density at radius 2 is 2.38 bits per heavy atom. The number of benzene rings is 1. The number of aromatic amines is 1. The quantitative estimate of drug-likeness (QED) is 0.392. The zero-order valence-electron chi connectivity index (χ0n) is 12.7. The molecule has 1 atom stereocenters. The lowest BCUT2D eigenvalue weighted by atomic mass is 9.97. The minimum absolute atomic E-state index is 0.622. The van der Waals surface area contributed by atoms with Crippen LogP contribution in [0.5, 0.6) is 0 Å². The van der Waals surface area contributed by atoms with Gasteiger partial charge < -0.3 is 20.6 Å². The molecule has 0 bridgehead atoms. The van der Waals surface area contributed by atoms with Gasteiger partial charge in [-0.2, -0.15) is 5.10 Å². The molecule has 0 spiro atoms. The summed E-state index contributed by atoms with van der Waals surface area (Å²) < 4.78 is 0. The minimum Gasteiger partial charge on any atom is -0.361 e. The first-order valence-electron chi connectivity index (χ1n) is 7.52. The van der Waals surface area contributed by atoms with Crippen molar-refractivity contribution in [2.24, 2.45) is 10.9 Å². The van der Waals surface area contributed by atoms with E-state index in [0.29, 0.717) is 5.92 Å². The fourth-order valence-electron chi connectivity index (χ4n) is 3.25. The molecule has 0 radical (unpaired) electrons. The Balaban J connectivity index is 1.99. The molecule has 112 valence electrons. The van der Waals surface area contributed by atoms with Crippen LogP contribution in [0.15, 0.2) is 29.5 Å². The molecule has 1 saturated heterocycles. The van der Waals surface area contributed by atoms with Crippen molar-refractivity contribution in [2.45, 2.75) is 19.3 Å². The van der Waals surface area contributed by atoms with Crippen LogP contribution in [-0.2, 0) is 0 Å². The summed E-state index contributed by atoms with van der Waals surface area (Å²) in [6.45, 7) is 5.25. The van der Waals surface area contributed by atoms with E-state index >= 15 is 0 Å². The number of fused-ring (bicyclic) bond motifs is 1. The lowest BCUT2D eigenvalue weighted by Gasteiger charge is -2.17. The number of rotatable bonds is 4. The number of nitrogens with two attached hydrogens (primary N) is 1. The summed E-state index contributed by atoms with van der Waals surface area (Å²) in [5.74, 6) is 5.92. The van der Waals surface area contributed by atoms with Gasteiger partial charge in [0.1, 0.15) is 6.34 Å². The number of likely N-dealkylation sites (N-methyl/N-ethyl adjacent to an activating group) is 1. The van der Waals surface area contributed by atoms with Crippen LogP contribution in [0.3, 0.4) is 0 Å². The molecular weight excluding hydrogens is 262 g/mol. The summed E-state index contributed by atoms with van der Waals surface area (Å²) in [6.07, 6.45) is 5.08. The number of likely N-dealkylation sites (tertiary alicyclic amines) is 1. The van der Waals surface area contributed by atoms with E-state index in [1.165, 1.54) is 29.4 Å². The monoisotopic (exact) mass is 285 g/mol. The smallest absolute Gasteiger partial charge is 0.115 e. The molecule has 1 aromatic carbocycles. The van der Waals surface area contributed by atoms with E-state index in [2.05, 4.69) is 58.3 Å². The van der Waals surface area contributed by atoms with Crippen molar-refractivity contribution in [1.29, 1.82) is 0 Å². The van der Waals surface area contributed by atoms with E-state index in [0.717, 1.165) is 18.8 Å². The van der Waals surface area contributed by atoms with Crippen LogP contribution < -0.4 is 10.7 Å². The highest BCUT2D eigenvalue weighted by Crippen LogP contribution is 2.33. The molecule has 1 fully saturated rings. The summed E-state index contributed by atoms with van der Waals surface area (Å²) in [5.41, 5.74) is 3.76. The predicted octanol–water partition coefficient (Wildman–Crippen LogP) is 2.32. The van der Waals surface area contributed by atoms with Crippen LogP contribution in [0.25, 0.3) is 10.9 Å². The van der Waals surface area contributed by atoms with Crippen molar-refractivity contribution in [3.63, 3.8) is 0 Å². The highest BCUT2D eigenvalue weighted by atomic mass is 15.2. The Bertz CT molecular complexity index is 645. The fraction of sp³-hybridized carbons (Fsp3) is 0.438. The van der Waals surface area contributed by atoms with Crippen LogP contribution in [0.1, 0.15) is 24.8 Å². The van der Waals surface area contributed by atoms with Crippen molar-refractivity contribution < 1.29 is 0 Å². The first-order valence-corrected chi connectivity index (χ1v) is 7.52. The highest BCUT2D eigenvalue weighted by Gasteiger charge is 2.23. The zero-order valence-corrected chi connectivity index (χ0v) is 12.7. The molecule has 1 aliphatic rings. The SMILES string of the molecule is CCN(/C=N\N)c1ccc2[nH]cc(C3CCN(C)C3)c2c1. The van der Waals surface area contributed by atoms with Gasteiger partial charge in [0.15, 0.2) is 0 Å². The number of hydrogen-bond acceptors (Lipinski definition) is 3. The van der Waals surface area contributed by atoms with Gasteiger partial charge in [0.05, 0.1) is 0 Å². The van der Waals surface area contributed by atoms with Crippen LogP contribution in [-0.4, -0.2) is 42.9 Å². The predicted molar refractivity (Wildman–Crippen MR) is 88.9 cm³/mol. The van der Waals surface area contributed by atoms with Gasteiger partial charge >= 0.3 is 0 Å². The van der Waals surface area contributed by atoms with Crippen LogP contribution in [0.4, 0.5) is 5.69 Å². The molecule has 5 nitrogen and oxygen atoms in total. The normalized spacial score (nSPS) is 19.8. The number of H-pyrrole nitrogens is 1. The molecule has 2 heterocycles. The molecule has 1 aromatic heterocycles. The molecule has 2 aromatic rings. The molecule has 1 unspecified atom stereocenters.